The van der Waals surface area contributed by atoms with E-state index in [2.05, 4.69) is 36.6 Å². The van der Waals surface area contributed by atoms with Crippen molar-refractivity contribution in [3.8, 4) is 5.75 Å². The summed E-state index contributed by atoms with van der Waals surface area (Å²) in [5.41, 5.74) is 6.16. The number of rotatable bonds is 10. The van der Waals surface area contributed by atoms with Crippen LogP contribution in [-0.4, -0.2) is 42.3 Å². The van der Waals surface area contributed by atoms with Crippen molar-refractivity contribution in [2.45, 2.75) is 46.2 Å². The normalized spacial score (nSPS) is 12.0. The first-order valence-electron chi connectivity index (χ1n) is 12.4. The highest BCUT2D eigenvalue weighted by atomic mass is 16.5. The molecule has 1 unspecified atom stereocenters. The van der Waals surface area contributed by atoms with Gasteiger partial charge in [-0.1, -0.05) is 49.4 Å². The number of ether oxygens (including phenoxy) is 2. The van der Waals surface area contributed by atoms with Gasteiger partial charge in [0.15, 0.2) is 0 Å². The molecule has 0 saturated heterocycles. The van der Waals surface area contributed by atoms with Crippen LogP contribution >= 0.6 is 0 Å². The molecular formula is C30H35N3O3. The van der Waals surface area contributed by atoms with E-state index in [0.717, 1.165) is 51.4 Å². The van der Waals surface area contributed by atoms with E-state index >= 15 is 0 Å². The number of carbonyl (C=O) groups excluding carboxylic acids is 1. The Kier molecular flexibility index (Phi) is 8.06. The lowest BCUT2D eigenvalue weighted by Crippen LogP contribution is -2.44. The lowest BCUT2D eigenvalue weighted by Gasteiger charge is -2.32. The summed E-state index contributed by atoms with van der Waals surface area (Å²) in [7, 11) is 3.34. The Morgan fingerprint density at radius 3 is 2.47 bits per heavy atom. The molecule has 0 fully saturated rings. The van der Waals surface area contributed by atoms with Crippen LogP contribution in [0.5, 0.6) is 5.75 Å². The van der Waals surface area contributed by atoms with Gasteiger partial charge in [-0.15, -0.1) is 0 Å². The average Bonchev–Trinajstić information content (AvgIpc) is 3.22. The van der Waals surface area contributed by atoms with Gasteiger partial charge in [0.25, 0.3) is 0 Å². The Balaban J connectivity index is 1.74. The summed E-state index contributed by atoms with van der Waals surface area (Å²) in [5.74, 6) is 1.69. The van der Waals surface area contributed by atoms with Crippen LogP contribution in [0.4, 0.5) is 5.69 Å². The highest BCUT2D eigenvalue weighted by molar-refractivity contribution is 5.96. The van der Waals surface area contributed by atoms with Crippen molar-refractivity contribution in [1.82, 2.24) is 9.55 Å². The minimum absolute atomic E-state index is 0.0164. The number of imidazole rings is 1. The molecule has 4 rings (SSSR count). The third kappa shape index (κ3) is 5.29. The van der Waals surface area contributed by atoms with E-state index in [1.54, 1.807) is 14.2 Å². The summed E-state index contributed by atoms with van der Waals surface area (Å²) in [4.78, 5) is 20.9. The Labute approximate surface area is 213 Å². The lowest BCUT2D eigenvalue weighted by atomic mass is 10.0. The number of nitrogens with zero attached hydrogens (tertiary/aromatic N) is 3. The largest absolute Gasteiger partial charge is 0.497 e. The number of benzene rings is 3. The smallest absolute Gasteiger partial charge is 0.247 e. The van der Waals surface area contributed by atoms with Gasteiger partial charge >= 0.3 is 0 Å². The Hall–Kier alpha value is -3.64. The van der Waals surface area contributed by atoms with Crippen molar-refractivity contribution in [2.24, 2.45) is 0 Å². The molecule has 0 aliphatic heterocycles. The van der Waals surface area contributed by atoms with E-state index in [-0.39, 0.29) is 18.5 Å². The second kappa shape index (κ2) is 11.4. The second-order valence-corrected chi connectivity index (χ2v) is 9.13. The molecule has 1 aromatic heterocycles. The van der Waals surface area contributed by atoms with Crippen LogP contribution in [-0.2, 0) is 28.9 Å². The van der Waals surface area contributed by atoms with Gasteiger partial charge in [-0.3, -0.25) is 4.79 Å². The molecule has 0 N–H and O–H groups in total. The number of fused-ring (bicyclic) bond motifs is 1. The highest BCUT2D eigenvalue weighted by Crippen LogP contribution is 2.29. The average molecular weight is 486 g/mol. The maximum Gasteiger partial charge on any atom is 0.247 e. The topological polar surface area (TPSA) is 56.6 Å². The number of aryl methyl sites for hydroxylation is 2. The fourth-order valence-electron chi connectivity index (χ4n) is 4.83. The molecule has 6 nitrogen and oxygen atoms in total. The van der Waals surface area contributed by atoms with Gasteiger partial charge in [0.2, 0.25) is 5.91 Å². The molecule has 188 valence electrons. The molecule has 36 heavy (non-hydrogen) atoms. The van der Waals surface area contributed by atoms with Crippen LogP contribution in [0.3, 0.4) is 0 Å². The minimum atomic E-state index is -0.117. The Morgan fingerprint density at radius 2 is 1.78 bits per heavy atom. The van der Waals surface area contributed by atoms with Gasteiger partial charge < -0.3 is 18.9 Å². The van der Waals surface area contributed by atoms with E-state index in [1.807, 2.05) is 60.4 Å². The third-order valence-corrected chi connectivity index (χ3v) is 6.61. The number of methoxy groups -OCH3 is 2. The van der Waals surface area contributed by atoms with E-state index in [1.165, 1.54) is 0 Å². The standard InChI is InChI=1S/C30H35N3O3/c1-6-24-11-9-10-21(2)30(24)33(22(3)20-35-4)29(34)19-32-27-13-8-7-12-26(27)31-28(32)18-23-14-16-25(36-5)17-15-23/h7-17,22H,6,18-20H2,1-5H3. The van der Waals surface area contributed by atoms with Gasteiger partial charge in [-0.25, -0.2) is 4.98 Å². The van der Waals surface area contributed by atoms with E-state index in [9.17, 15) is 4.79 Å². The van der Waals surface area contributed by atoms with Crippen molar-refractivity contribution in [3.05, 3.63) is 89.2 Å². The molecule has 0 saturated carbocycles. The zero-order valence-corrected chi connectivity index (χ0v) is 21.8. The fourth-order valence-corrected chi connectivity index (χ4v) is 4.83. The Bertz CT molecular complexity index is 1330. The molecule has 6 heteroatoms. The minimum Gasteiger partial charge on any atom is -0.497 e. The molecule has 0 aliphatic rings. The van der Waals surface area contributed by atoms with Crippen LogP contribution in [0.25, 0.3) is 11.0 Å². The molecule has 1 atom stereocenters. The molecule has 0 aliphatic carbocycles. The second-order valence-electron chi connectivity index (χ2n) is 9.13. The maximum absolute atomic E-state index is 14.1. The number of hydrogen-bond acceptors (Lipinski definition) is 4. The zero-order chi connectivity index (χ0) is 25.7. The van der Waals surface area contributed by atoms with Gasteiger partial charge in [0, 0.05) is 13.5 Å². The number of amides is 1. The summed E-state index contributed by atoms with van der Waals surface area (Å²) in [6.45, 7) is 6.87. The number of carbonyl (C=O) groups is 1. The van der Waals surface area contributed by atoms with Gasteiger partial charge in [-0.2, -0.15) is 0 Å². The van der Waals surface area contributed by atoms with Crippen molar-refractivity contribution in [3.63, 3.8) is 0 Å². The summed E-state index contributed by atoms with van der Waals surface area (Å²) in [5, 5.41) is 0. The number of anilines is 1. The molecular weight excluding hydrogens is 450 g/mol. The quantitative estimate of drug-likeness (QED) is 0.294. The number of para-hydroxylation sites is 3. The third-order valence-electron chi connectivity index (χ3n) is 6.61. The molecule has 0 radical (unpaired) electrons. The van der Waals surface area contributed by atoms with E-state index < -0.39 is 0 Å². The van der Waals surface area contributed by atoms with Crippen molar-refractivity contribution < 1.29 is 14.3 Å². The SMILES string of the molecule is CCc1cccc(C)c1N(C(=O)Cn1c(Cc2ccc(OC)cc2)nc2ccccc21)C(C)COC. The summed E-state index contributed by atoms with van der Waals surface area (Å²) >= 11 is 0. The number of hydrogen-bond donors (Lipinski definition) is 0. The van der Waals surface area contributed by atoms with Crippen LogP contribution in [0.2, 0.25) is 0 Å². The lowest BCUT2D eigenvalue weighted by molar-refractivity contribution is -0.119. The molecule has 1 amide bonds. The van der Waals surface area contributed by atoms with Gasteiger partial charge in [0.1, 0.15) is 18.1 Å². The first-order valence-corrected chi connectivity index (χ1v) is 12.4. The summed E-state index contributed by atoms with van der Waals surface area (Å²) in [6, 6.07) is 22.1. The molecule has 1 heterocycles. The molecule has 0 bridgehead atoms. The van der Waals surface area contributed by atoms with E-state index in [4.69, 9.17) is 14.5 Å². The molecule has 4 aromatic rings. The Morgan fingerprint density at radius 1 is 1.03 bits per heavy atom. The molecule has 0 spiro atoms. The van der Waals surface area contributed by atoms with Crippen LogP contribution < -0.4 is 9.64 Å². The van der Waals surface area contributed by atoms with Gasteiger partial charge in [-0.05, 0) is 61.2 Å². The first-order chi connectivity index (χ1) is 17.5. The first kappa shape index (κ1) is 25.5. The zero-order valence-electron chi connectivity index (χ0n) is 21.8. The van der Waals surface area contributed by atoms with Crippen molar-refractivity contribution in [1.29, 1.82) is 0 Å². The highest BCUT2D eigenvalue weighted by Gasteiger charge is 2.27. The van der Waals surface area contributed by atoms with Crippen LogP contribution in [0, 0.1) is 6.92 Å². The van der Waals surface area contributed by atoms with Crippen LogP contribution in [0.1, 0.15) is 36.4 Å². The number of aromatic nitrogens is 2. The summed E-state index contributed by atoms with van der Waals surface area (Å²) < 4.78 is 12.8. The van der Waals surface area contributed by atoms with Crippen molar-refractivity contribution >= 4 is 22.6 Å². The maximum atomic E-state index is 14.1. The predicted octanol–water partition coefficient (Wildman–Crippen LogP) is 5.57. The molecule has 3 aromatic carbocycles. The van der Waals surface area contributed by atoms with Crippen LogP contribution in [0.15, 0.2) is 66.7 Å². The predicted molar refractivity (Wildman–Crippen MR) is 145 cm³/mol. The van der Waals surface area contributed by atoms with E-state index in [0.29, 0.717) is 13.0 Å². The van der Waals surface area contributed by atoms with Crippen molar-refractivity contribution in [2.75, 3.05) is 25.7 Å². The summed E-state index contributed by atoms with van der Waals surface area (Å²) in [6.07, 6.45) is 1.46. The monoisotopic (exact) mass is 485 g/mol. The van der Waals surface area contributed by atoms with Gasteiger partial charge in [0.05, 0.1) is 36.5 Å². The fraction of sp³-hybridized carbons (Fsp3) is 0.333.